The van der Waals surface area contributed by atoms with Crippen LogP contribution in [0, 0.1) is 0 Å². The molecule has 160 valence electrons. The second-order valence-electron chi connectivity index (χ2n) is 8.11. The van der Waals surface area contributed by atoms with Crippen molar-refractivity contribution in [2.45, 2.75) is 44.0 Å². The molecule has 0 saturated heterocycles. The summed E-state index contributed by atoms with van der Waals surface area (Å²) in [5.41, 5.74) is 0.695. The molecule has 3 rings (SSSR count). The Balaban J connectivity index is 1.82. The molecule has 1 heterocycles. The normalized spacial score (nSPS) is 15.4. The van der Waals surface area contributed by atoms with Gasteiger partial charge in [0.15, 0.2) is 0 Å². The van der Waals surface area contributed by atoms with Crippen LogP contribution in [0.4, 0.5) is 0 Å². The van der Waals surface area contributed by atoms with Gasteiger partial charge in [-0.15, -0.1) is 0 Å². The minimum atomic E-state index is -3.97. The lowest BCUT2D eigenvalue weighted by Gasteiger charge is -2.26. The molecule has 2 amide bonds. The van der Waals surface area contributed by atoms with Gasteiger partial charge < -0.3 is 5.32 Å². The highest BCUT2D eigenvalue weighted by Gasteiger charge is 2.43. The van der Waals surface area contributed by atoms with E-state index in [2.05, 4.69) is 5.32 Å². The van der Waals surface area contributed by atoms with Crippen LogP contribution in [-0.2, 0) is 15.4 Å². The molecule has 0 spiro atoms. The molecule has 1 N–H and O–H groups in total. The molecule has 0 bridgehead atoms. The number of benzene rings is 2. The fourth-order valence-corrected chi connectivity index (χ4v) is 5.41. The molecule has 2 aromatic rings. The van der Waals surface area contributed by atoms with Crippen molar-refractivity contribution in [3.8, 4) is 0 Å². The number of hydrogen-bond donors (Lipinski definition) is 1. The smallest absolute Gasteiger partial charge is 0.269 e. The molecule has 2 aromatic carbocycles. The first-order valence-electron chi connectivity index (χ1n) is 9.33. The summed E-state index contributed by atoms with van der Waals surface area (Å²) in [6.45, 7) is 7.42. The number of carbonyl (C=O) groups excluding carboxylic acids is 2. The van der Waals surface area contributed by atoms with Crippen molar-refractivity contribution in [2.75, 3.05) is 6.54 Å². The second-order valence-corrected chi connectivity index (χ2v) is 10.7. The van der Waals surface area contributed by atoms with E-state index in [4.69, 9.17) is 23.2 Å². The highest BCUT2D eigenvalue weighted by molar-refractivity contribution is 7.90. The van der Waals surface area contributed by atoms with Gasteiger partial charge in [-0.2, -0.15) is 0 Å². The van der Waals surface area contributed by atoms with Crippen LogP contribution in [0.5, 0.6) is 0 Å². The Kier molecular flexibility index (Phi) is 5.93. The number of sulfonamides is 1. The average molecular weight is 469 g/mol. The van der Waals surface area contributed by atoms with E-state index in [-0.39, 0.29) is 22.6 Å². The minimum Gasteiger partial charge on any atom is -0.351 e. The maximum absolute atomic E-state index is 12.7. The van der Waals surface area contributed by atoms with E-state index in [1.165, 1.54) is 18.2 Å². The van der Waals surface area contributed by atoms with Crippen LogP contribution in [0.1, 0.15) is 54.0 Å². The number of hydrogen-bond acceptors (Lipinski definition) is 4. The molecule has 0 atom stereocenters. The fourth-order valence-electron chi connectivity index (χ4n) is 3.32. The molecule has 0 unspecified atom stereocenters. The first kappa shape index (κ1) is 22.6. The van der Waals surface area contributed by atoms with Crippen LogP contribution >= 0.6 is 23.2 Å². The molecule has 9 heteroatoms. The van der Waals surface area contributed by atoms with Crippen molar-refractivity contribution in [1.29, 1.82) is 0 Å². The van der Waals surface area contributed by atoms with Crippen molar-refractivity contribution in [2.24, 2.45) is 0 Å². The Morgan fingerprint density at radius 1 is 1.10 bits per heavy atom. The summed E-state index contributed by atoms with van der Waals surface area (Å²) in [6.07, 6.45) is 0. The monoisotopic (exact) mass is 468 g/mol. The quantitative estimate of drug-likeness (QED) is 0.710. The number of fused-ring (bicyclic) bond motifs is 1. The molecule has 1 aliphatic rings. The molecule has 0 radical (unpaired) electrons. The molecule has 0 aliphatic carbocycles. The number of rotatable bonds is 5. The van der Waals surface area contributed by atoms with E-state index in [0.29, 0.717) is 10.0 Å². The van der Waals surface area contributed by atoms with Gasteiger partial charge in [0, 0.05) is 23.6 Å². The van der Waals surface area contributed by atoms with Crippen LogP contribution < -0.4 is 5.32 Å². The van der Waals surface area contributed by atoms with Gasteiger partial charge in [-0.3, -0.25) is 9.59 Å². The summed E-state index contributed by atoms with van der Waals surface area (Å²) in [5, 5.41) is 3.70. The Bertz CT molecular complexity index is 1140. The zero-order valence-electron chi connectivity index (χ0n) is 17.0. The first-order chi connectivity index (χ1) is 13.9. The zero-order chi connectivity index (χ0) is 22.4. The van der Waals surface area contributed by atoms with Crippen molar-refractivity contribution in [3.63, 3.8) is 0 Å². The highest BCUT2D eigenvalue weighted by atomic mass is 35.5. The minimum absolute atomic E-state index is 0.0800. The molecular weight excluding hydrogens is 447 g/mol. The van der Waals surface area contributed by atoms with Gasteiger partial charge in [0.1, 0.15) is 4.90 Å². The number of nitrogens with one attached hydrogen (secondary N) is 1. The van der Waals surface area contributed by atoms with Gasteiger partial charge in [-0.1, -0.05) is 43.1 Å². The third kappa shape index (κ3) is 3.94. The average Bonchev–Trinajstić information content (AvgIpc) is 2.87. The Morgan fingerprint density at radius 2 is 1.77 bits per heavy atom. The van der Waals surface area contributed by atoms with Crippen LogP contribution in [0.3, 0.4) is 0 Å². The van der Waals surface area contributed by atoms with E-state index >= 15 is 0 Å². The Morgan fingerprint density at radius 3 is 2.37 bits per heavy atom. The van der Waals surface area contributed by atoms with E-state index in [0.717, 1.165) is 9.87 Å². The molecule has 30 heavy (non-hydrogen) atoms. The number of carbonyl (C=O) groups is 2. The molecule has 0 fully saturated rings. The zero-order valence-corrected chi connectivity index (χ0v) is 19.3. The van der Waals surface area contributed by atoms with E-state index < -0.39 is 33.3 Å². The van der Waals surface area contributed by atoms with Gasteiger partial charge in [-0.05, 0) is 49.7 Å². The van der Waals surface area contributed by atoms with Crippen LogP contribution in [-0.4, -0.2) is 37.1 Å². The predicted molar refractivity (Wildman–Crippen MR) is 117 cm³/mol. The summed E-state index contributed by atoms with van der Waals surface area (Å²) in [5.74, 6) is -1.01. The van der Waals surface area contributed by atoms with E-state index in [9.17, 15) is 18.0 Å². The largest absolute Gasteiger partial charge is 0.351 e. The van der Waals surface area contributed by atoms with Gasteiger partial charge in [-0.25, -0.2) is 12.7 Å². The molecule has 0 aromatic heterocycles. The lowest BCUT2D eigenvalue weighted by atomic mass is 9.84. The Labute approximate surface area is 186 Å². The van der Waals surface area contributed by atoms with Gasteiger partial charge in [0.05, 0.1) is 15.6 Å². The molecule has 6 nitrogen and oxygen atoms in total. The molecular formula is C21H22Cl2N2O4S. The van der Waals surface area contributed by atoms with Crippen LogP contribution in [0.15, 0.2) is 41.3 Å². The van der Waals surface area contributed by atoms with Crippen molar-refractivity contribution >= 4 is 45.0 Å². The molecule has 1 aliphatic heterocycles. The Hall–Kier alpha value is -2.09. The summed E-state index contributed by atoms with van der Waals surface area (Å²) in [7, 11) is -3.97. The van der Waals surface area contributed by atoms with Crippen molar-refractivity contribution < 1.29 is 18.0 Å². The SMILES string of the molecule is CC(C)N1C(=O)c2ccc(C(=O)NCC(C)(C)c3ccc(Cl)c(Cl)c3)cc2S1(=O)=O. The maximum Gasteiger partial charge on any atom is 0.269 e. The van der Waals surface area contributed by atoms with Crippen molar-refractivity contribution in [3.05, 3.63) is 63.1 Å². The second kappa shape index (κ2) is 7.87. The van der Waals surface area contributed by atoms with Crippen LogP contribution in [0.2, 0.25) is 10.0 Å². The van der Waals surface area contributed by atoms with Gasteiger partial charge >= 0.3 is 0 Å². The predicted octanol–water partition coefficient (Wildman–Crippen LogP) is 4.25. The first-order valence-corrected chi connectivity index (χ1v) is 11.5. The van der Waals surface area contributed by atoms with Crippen LogP contribution in [0.25, 0.3) is 0 Å². The van der Waals surface area contributed by atoms with Gasteiger partial charge in [0.2, 0.25) is 0 Å². The van der Waals surface area contributed by atoms with E-state index in [1.54, 1.807) is 26.0 Å². The third-order valence-electron chi connectivity index (χ3n) is 5.07. The summed E-state index contributed by atoms with van der Waals surface area (Å²) in [6, 6.07) is 8.88. The summed E-state index contributed by atoms with van der Waals surface area (Å²) in [4.78, 5) is 25.0. The topological polar surface area (TPSA) is 83.6 Å². The number of nitrogens with zero attached hydrogens (tertiary/aromatic N) is 1. The fraction of sp³-hybridized carbons (Fsp3) is 0.333. The number of amides is 2. The van der Waals surface area contributed by atoms with E-state index in [1.807, 2.05) is 19.9 Å². The van der Waals surface area contributed by atoms with Gasteiger partial charge in [0.25, 0.3) is 21.8 Å². The number of halogens is 2. The van der Waals surface area contributed by atoms with Crippen molar-refractivity contribution in [1.82, 2.24) is 9.62 Å². The summed E-state index contributed by atoms with van der Waals surface area (Å²) >= 11 is 12.1. The standard InChI is InChI=1S/C21H22Cl2N2O4S/c1-12(2)25-20(27)15-7-5-13(9-18(15)30(25,28)29)19(26)24-11-21(3,4)14-6-8-16(22)17(23)10-14/h5-10,12H,11H2,1-4H3,(H,24,26). The highest BCUT2D eigenvalue weighted by Crippen LogP contribution is 2.33. The molecule has 0 saturated carbocycles. The maximum atomic E-state index is 12.7. The lowest BCUT2D eigenvalue weighted by Crippen LogP contribution is -2.36. The third-order valence-corrected chi connectivity index (χ3v) is 7.81. The summed E-state index contributed by atoms with van der Waals surface area (Å²) < 4.78 is 26.3. The lowest BCUT2D eigenvalue weighted by molar-refractivity contribution is 0.0845.